The first-order valence-electron chi connectivity index (χ1n) is 8.40. The Hall–Kier alpha value is -1.06. The fourth-order valence-corrected chi connectivity index (χ4v) is 3.24. The molecule has 0 radical (unpaired) electrons. The topological polar surface area (TPSA) is 32.3 Å². The van der Waals surface area contributed by atoms with Gasteiger partial charge in [0.2, 0.25) is 5.91 Å². The van der Waals surface area contributed by atoms with Gasteiger partial charge < -0.3 is 10.2 Å². The summed E-state index contributed by atoms with van der Waals surface area (Å²) < 4.78 is 0. The maximum absolute atomic E-state index is 12.6. The molecule has 1 aromatic carbocycles. The van der Waals surface area contributed by atoms with Gasteiger partial charge in [-0.25, -0.2) is 0 Å². The highest BCUT2D eigenvalue weighted by molar-refractivity contribution is 5.85. The molecule has 4 heteroatoms. The zero-order chi connectivity index (χ0) is 14.5. The lowest BCUT2D eigenvalue weighted by molar-refractivity contribution is -0.132. The quantitative estimate of drug-likeness (QED) is 0.899. The first-order valence-corrected chi connectivity index (χ1v) is 8.40. The minimum Gasteiger partial charge on any atom is -0.335 e. The number of amides is 1. The number of benzene rings is 1. The minimum absolute atomic E-state index is 0. The molecular weight excluding hydrogens is 296 g/mol. The normalized spacial score (nSPS) is 21.8. The molecule has 1 atom stereocenters. The van der Waals surface area contributed by atoms with E-state index in [2.05, 4.69) is 34.5 Å². The van der Waals surface area contributed by atoms with Crippen LogP contribution in [-0.4, -0.2) is 30.4 Å². The third-order valence-electron chi connectivity index (χ3n) is 4.66. The van der Waals surface area contributed by atoms with Gasteiger partial charge >= 0.3 is 0 Å². The average molecular weight is 323 g/mol. The largest absolute Gasteiger partial charge is 0.335 e. The van der Waals surface area contributed by atoms with E-state index in [0.717, 1.165) is 31.8 Å². The maximum atomic E-state index is 12.6. The molecule has 0 aromatic heterocycles. The summed E-state index contributed by atoms with van der Waals surface area (Å²) in [5.74, 6) is 1.10. The van der Waals surface area contributed by atoms with Crippen LogP contribution in [0, 0.1) is 5.92 Å². The fraction of sp³-hybridized carbons (Fsp3) is 0.611. The molecule has 1 aromatic rings. The summed E-state index contributed by atoms with van der Waals surface area (Å²) in [7, 11) is 0. The van der Waals surface area contributed by atoms with Gasteiger partial charge in [-0.1, -0.05) is 43.2 Å². The van der Waals surface area contributed by atoms with Crippen molar-refractivity contribution in [1.29, 1.82) is 0 Å². The molecule has 2 aliphatic rings. The van der Waals surface area contributed by atoms with E-state index in [1.165, 1.54) is 31.2 Å². The van der Waals surface area contributed by atoms with E-state index in [4.69, 9.17) is 0 Å². The summed E-state index contributed by atoms with van der Waals surface area (Å²) in [5, 5.41) is 3.35. The van der Waals surface area contributed by atoms with E-state index >= 15 is 0 Å². The molecule has 1 aliphatic carbocycles. The SMILES string of the molecule is Cl.O=C(CNCC1CC1)N1CCCCCC1c1ccccc1. The molecule has 122 valence electrons. The Balaban J connectivity index is 0.00000176. The Labute approximate surface area is 139 Å². The second-order valence-corrected chi connectivity index (χ2v) is 6.44. The first-order chi connectivity index (χ1) is 10.3. The van der Waals surface area contributed by atoms with Gasteiger partial charge in [0, 0.05) is 6.54 Å². The third kappa shape index (κ3) is 4.72. The lowest BCUT2D eigenvalue weighted by atomic mass is 10.0. The summed E-state index contributed by atoms with van der Waals surface area (Å²) in [4.78, 5) is 14.7. The Kier molecular flexibility index (Phi) is 6.71. The highest BCUT2D eigenvalue weighted by atomic mass is 35.5. The molecule has 22 heavy (non-hydrogen) atoms. The van der Waals surface area contributed by atoms with Crippen LogP contribution in [0.1, 0.15) is 50.1 Å². The van der Waals surface area contributed by atoms with Gasteiger partial charge in [0.25, 0.3) is 0 Å². The van der Waals surface area contributed by atoms with Gasteiger partial charge in [0.1, 0.15) is 0 Å². The molecule has 2 fully saturated rings. The number of rotatable bonds is 5. The zero-order valence-electron chi connectivity index (χ0n) is 13.2. The predicted octanol–water partition coefficient (Wildman–Crippen LogP) is 3.55. The van der Waals surface area contributed by atoms with Crippen LogP contribution in [0.15, 0.2) is 30.3 Å². The predicted molar refractivity (Wildman–Crippen MR) is 92.2 cm³/mol. The second kappa shape index (κ2) is 8.54. The van der Waals surface area contributed by atoms with Crippen molar-refractivity contribution in [2.24, 2.45) is 5.92 Å². The number of carbonyl (C=O) groups is 1. The van der Waals surface area contributed by atoms with Gasteiger partial charge in [0.05, 0.1) is 12.6 Å². The van der Waals surface area contributed by atoms with E-state index in [0.29, 0.717) is 6.54 Å². The van der Waals surface area contributed by atoms with Gasteiger partial charge in [-0.2, -0.15) is 0 Å². The van der Waals surface area contributed by atoms with E-state index in [1.807, 2.05) is 6.07 Å². The molecule has 1 amide bonds. The second-order valence-electron chi connectivity index (χ2n) is 6.44. The van der Waals surface area contributed by atoms with E-state index < -0.39 is 0 Å². The Bertz CT molecular complexity index is 461. The molecule has 1 heterocycles. The summed E-state index contributed by atoms with van der Waals surface area (Å²) in [6.07, 6.45) is 7.35. The standard InChI is InChI=1S/C18H26N2O.ClH/c21-18(14-19-13-15-10-11-15)20-12-6-2-5-9-17(20)16-7-3-1-4-8-16;/h1,3-4,7-8,15,17,19H,2,5-6,9-14H2;1H. The number of halogens is 1. The van der Waals surface area contributed by atoms with E-state index in [-0.39, 0.29) is 24.4 Å². The van der Waals surface area contributed by atoms with Crippen molar-refractivity contribution in [1.82, 2.24) is 10.2 Å². The van der Waals surface area contributed by atoms with Crippen LogP contribution in [-0.2, 0) is 4.79 Å². The third-order valence-corrected chi connectivity index (χ3v) is 4.66. The highest BCUT2D eigenvalue weighted by Gasteiger charge is 2.27. The zero-order valence-corrected chi connectivity index (χ0v) is 14.0. The van der Waals surface area contributed by atoms with Crippen LogP contribution in [0.5, 0.6) is 0 Å². The van der Waals surface area contributed by atoms with Gasteiger partial charge in [0.15, 0.2) is 0 Å². The molecule has 1 saturated heterocycles. The van der Waals surface area contributed by atoms with Crippen molar-refractivity contribution < 1.29 is 4.79 Å². The van der Waals surface area contributed by atoms with Crippen LogP contribution in [0.3, 0.4) is 0 Å². The van der Waals surface area contributed by atoms with E-state index in [1.54, 1.807) is 0 Å². The number of hydrogen-bond donors (Lipinski definition) is 1. The summed E-state index contributed by atoms with van der Waals surface area (Å²) in [6, 6.07) is 10.8. The lowest BCUT2D eigenvalue weighted by Gasteiger charge is -2.30. The molecule has 3 rings (SSSR count). The number of nitrogens with one attached hydrogen (secondary N) is 1. The van der Waals surface area contributed by atoms with Gasteiger partial charge in [-0.15, -0.1) is 12.4 Å². The first kappa shape index (κ1) is 17.3. The summed E-state index contributed by atoms with van der Waals surface area (Å²) >= 11 is 0. The molecule has 3 nitrogen and oxygen atoms in total. The highest BCUT2D eigenvalue weighted by Crippen LogP contribution is 2.30. The summed E-state index contributed by atoms with van der Waals surface area (Å²) in [5.41, 5.74) is 1.29. The van der Waals surface area contributed by atoms with Crippen molar-refractivity contribution in [2.75, 3.05) is 19.6 Å². The monoisotopic (exact) mass is 322 g/mol. The Morgan fingerprint density at radius 1 is 1.09 bits per heavy atom. The van der Waals surface area contributed by atoms with E-state index in [9.17, 15) is 4.79 Å². The fourth-order valence-electron chi connectivity index (χ4n) is 3.24. The van der Waals surface area contributed by atoms with Crippen LogP contribution in [0.25, 0.3) is 0 Å². The van der Waals surface area contributed by atoms with Crippen LogP contribution >= 0.6 is 12.4 Å². The molecule has 0 spiro atoms. The summed E-state index contributed by atoms with van der Waals surface area (Å²) in [6.45, 7) is 2.42. The van der Waals surface area contributed by atoms with Gasteiger partial charge in [-0.05, 0) is 43.7 Å². The Morgan fingerprint density at radius 2 is 1.86 bits per heavy atom. The van der Waals surface area contributed by atoms with Crippen molar-refractivity contribution in [2.45, 2.75) is 44.6 Å². The lowest BCUT2D eigenvalue weighted by Crippen LogP contribution is -2.41. The van der Waals surface area contributed by atoms with Crippen molar-refractivity contribution in [3.05, 3.63) is 35.9 Å². The molecule has 0 bridgehead atoms. The van der Waals surface area contributed by atoms with Crippen molar-refractivity contribution >= 4 is 18.3 Å². The number of hydrogen-bond acceptors (Lipinski definition) is 2. The van der Waals surface area contributed by atoms with Crippen LogP contribution in [0.2, 0.25) is 0 Å². The number of nitrogens with zero attached hydrogens (tertiary/aromatic N) is 1. The molecule has 1 aliphatic heterocycles. The average Bonchev–Trinajstić information content (AvgIpc) is 3.34. The smallest absolute Gasteiger partial charge is 0.237 e. The Morgan fingerprint density at radius 3 is 2.59 bits per heavy atom. The molecule has 1 saturated carbocycles. The molecular formula is C18H27ClN2O. The molecule has 1 unspecified atom stereocenters. The van der Waals surface area contributed by atoms with Crippen molar-refractivity contribution in [3.63, 3.8) is 0 Å². The van der Waals surface area contributed by atoms with Crippen molar-refractivity contribution in [3.8, 4) is 0 Å². The van der Waals surface area contributed by atoms with Gasteiger partial charge in [-0.3, -0.25) is 4.79 Å². The number of likely N-dealkylation sites (tertiary alicyclic amines) is 1. The van der Waals surface area contributed by atoms with Crippen LogP contribution in [0.4, 0.5) is 0 Å². The molecule has 1 N–H and O–H groups in total. The number of carbonyl (C=O) groups excluding carboxylic acids is 1. The maximum Gasteiger partial charge on any atom is 0.237 e. The minimum atomic E-state index is 0. The van der Waals surface area contributed by atoms with Crippen LogP contribution < -0.4 is 5.32 Å².